The number of nitrogens with zero attached hydrogens (tertiary/aromatic N) is 4. The lowest BCUT2D eigenvalue weighted by atomic mass is 10.1. The third-order valence-electron chi connectivity index (χ3n) is 2.84. The van der Waals surface area contributed by atoms with Crippen LogP contribution >= 0.6 is 0 Å². The van der Waals surface area contributed by atoms with Crippen LogP contribution in [0.1, 0.15) is 5.56 Å². The molecule has 2 heterocycles. The Kier molecular flexibility index (Phi) is 2.14. The molecule has 4 nitrogen and oxygen atoms in total. The molecule has 0 N–H and O–H groups in total. The molecule has 0 atom stereocenters. The van der Waals surface area contributed by atoms with Crippen molar-refractivity contribution in [1.82, 2.24) is 19.7 Å². The van der Waals surface area contributed by atoms with Gasteiger partial charge in [0.05, 0.1) is 5.52 Å². The SMILES string of the molecule is Cc1ccc2c(c1)c(-c1cncnc1)nn2C. The molecule has 0 aliphatic heterocycles. The maximum Gasteiger partial charge on any atom is 0.115 e. The highest BCUT2D eigenvalue weighted by Crippen LogP contribution is 2.27. The van der Waals surface area contributed by atoms with Gasteiger partial charge in [0.1, 0.15) is 12.0 Å². The van der Waals surface area contributed by atoms with Crippen molar-refractivity contribution in [3.05, 3.63) is 42.5 Å². The Bertz CT molecular complexity index is 670. The van der Waals surface area contributed by atoms with Gasteiger partial charge in [-0.05, 0) is 19.1 Å². The minimum absolute atomic E-state index is 0.937. The molecule has 0 radical (unpaired) electrons. The van der Waals surface area contributed by atoms with Crippen molar-refractivity contribution in [2.45, 2.75) is 6.92 Å². The van der Waals surface area contributed by atoms with Crippen molar-refractivity contribution in [2.24, 2.45) is 7.05 Å². The highest BCUT2D eigenvalue weighted by molar-refractivity contribution is 5.93. The van der Waals surface area contributed by atoms with Gasteiger partial charge in [-0.15, -0.1) is 0 Å². The molecule has 0 unspecified atom stereocenters. The van der Waals surface area contributed by atoms with Crippen molar-refractivity contribution in [3.8, 4) is 11.3 Å². The van der Waals surface area contributed by atoms with Gasteiger partial charge in [0.25, 0.3) is 0 Å². The summed E-state index contributed by atoms with van der Waals surface area (Å²) in [5.74, 6) is 0. The first kappa shape index (κ1) is 9.96. The number of hydrogen-bond acceptors (Lipinski definition) is 3. The topological polar surface area (TPSA) is 43.6 Å². The second kappa shape index (κ2) is 3.66. The van der Waals surface area contributed by atoms with Crippen LogP contribution in [0.3, 0.4) is 0 Å². The van der Waals surface area contributed by atoms with Gasteiger partial charge >= 0.3 is 0 Å². The lowest BCUT2D eigenvalue weighted by Crippen LogP contribution is -1.90. The highest BCUT2D eigenvalue weighted by atomic mass is 15.3. The molecule has 2 aromatic heterocycles. The third kappa shape index (κ3) is 1.58. The lowest BCUT2D eigenvalue weighted by molar-refractivity contribution is 0.800. The van der Waals surface area contributed by atoms with Gasteiger partial charge < -0.3 is 0 Å². The summed E-state index contributed by atoms with van der Waals surface area (Å²) in [6, 6.07) is 6.32. The summed E-state index contributed by atoms with van der Waals surface area (Å²) in [6.45, 7) is 2.08. The van der Waals surface area contributed by atoms with E-state index in [9.17, 15) is 0 Å². The Morgan fingerprint density at radius 1 is 1.12 bits per heavy atom. The maximum absolute atomic E-state index is 4.54. The zero-order valence-corrected chi connectivity index (χ0v) is 9.75. The Labute approximate surface area is 98.9 Å². The number of fused-ring (bicyclic) bond motifs is 1. The molecule has 0 spiro atoms. The van der Waals surface area contributed by atoms with Gasteiger partial charge in [-0.25, -0.2) is 9.97 Å². The molecule has 0 bridgehead atoms. The standard InChI is InChI=1S/C13H12N4/c1-9-3-4-12-11(5-9)13(16-17(12)2)10-6-14-8-15-7-10/h3-8H,1-2H3. The van der Waals surface area contributed by atoms with E-state index in [1.165, 1.54) is 11.9 Å². The lowest BCUT2D eigenvalue weighted by Gasteiger charge is -1.97. The quantitative estimate of drug-likeness (QED) is 0.637. The van der Waals surface area contributed by atoms with Crippen molar-refractivity contribution >= 4 is 10.9 Å². The summed E-state index contributed by atoms with van der Waals surface area (Å²) in [5.41, 5.74) is 4.23. The molecular weight excluding hydrogens is 212 g/mol. The smallest absolute Gasteiger partial charge is 0.115 e. The van der Waals surface area contributed by atoms with Crippen LogP contribution in [-0.2, 0) is 7.05 Å². The molecule has 0 aliphatic carbocycles. The average Bonchev–Trinajstić information content (AvgIpc) is 2.67. The van der Waals surface area contributed by atoms with E-state index in [4.69, 9.17) is 0 Å². The number of hydrogen-bond donors (Lipinski definition) is 0. The monoisotopic (exact) mass is 224 g/mol. The summed E-state index contributed by atoms with van der Waals surface area (Å²) in [5, 5.41) is 5.68. The predicted molar refractivity (Wildman–Crippen MR) is 66.5 cm³/mol. The van der Waals surface area contributed by atoms with Crippen LogP contribution in [0, 0.1) is 6.92 Å². The van der Waals surface area contributed by atoms with Crippen molar-refractivity contribution in [3.63, 3.8) is 0 Å². The van der Waals surface area contributed by atoms with Crippen LogP contribution in [0.15, 0.2) is 36.9 Å². The zero-order valence-electron chi connectivity index (χ0n) is 9.75. The molecule has 0 amide bonds. The van der Waals surface area contributed by atoms with Gasteiger partial charge in [0, 0.05) is 30.4 Å². The number of aryl methyl sites for hydroxylation is 2. The molecular formula is C13H12N4. The molecule has 17 heavy (non-hydrogen) atoms. The molecule has 0 saturated carbocycles. The highest BCUT2D eigenvalue weighted by Gasteiger charge is 2.10. The second-order valence-corrected chi connectivity index (χ2v) is 4.12. The van der Waals surface area contributed by atoms with E-state index >= 15 is 0 Å². The second-order valence-electron chi connectivity index (χ2n) is 4.12. The van der Waals surface area contributed by atoms with Crippen LogP contribution in [0.5, 0.6) is 0 Å². The summed E-state index contributed by atoms with van der Waals surface area (Å²) in [6.07, 6.45) is 5.11. The maximum atomic E-state index is 4.54. The van der Waals surface area contributed by atoms with Crippen molar-refractivity contribution < 1.29 is 0 Å². The normalized spacial score (nSPS) is 10.9. The van der Waals surface area contributed by atoms with E-state index in [0.29, 0.717) is 0 Å². The average molecular weight is 224 g/mol. The van der Waals surface area contributed by atoms with Crippen LogP contribution in [0.4, 0.5) is 0 Å². The van der Waals surface area contributed by atoms with E-state index in [-0.39, 0.29) is 0 Å². The van der Waals surface area contributed by atoms with Crippen LogP contribution < -0.4 is 0 Å². The molecule has 1 aromatic carbocycles. The minimum Gasteiger partial charge on any atom is -0.267 e. The van der Waals surface area contributed by atoms with E-state index in [2.05, 4.69) is 40.2 Å². The van der Waals surface area contributed by atoms with Crippen LogP contribution in [0.25, 0.3) is 22.2 Å². The van der Waals surface area contributed by atoms with Crippen molar-refractivity contribution in [2.75, 3.05) is 0 Å². The fraction of sp³-hybridized carbons (Fsp3) is 0.154. The number of aromatic nitrogens is 4. The van der Waals surface area contributed by atoms with Crippen LogP contribution in [0.2, 0.25) is 0 Å². The van der Waals surface area contributed by atoms with E-state index in [1.807, 2.05) is 11.7 Å². The summed E-state index contributed by atoms with van der Waals surface area (Å²) < 4.78 is 1.89. The van der Waals surface area contributed by atoms with E-state index in [1.54, 1.807) is 12.4 Å². The van der Waals surface area contributed by atoms with Gasteiger partial charge in [0.15, 0.2) is 0 Å². The predicted octanol–water partition coefficient (Wildman–Crippen LogP) is 2.34. The largest absolute Gasteiger partial charge is 0.267 e. The van der Waals surface area contributed by atoms with Gasteiger partial charge in [-0.3, -0.25) is 4.68 Å². The zero-order chi connectivity index (χ0) is 11.8. The molecule has 0 fully saturated rings. The minimum atomic E-state index is 0.937. The van der Waals surface area contributed by atoms with Crippen LogP contribution in [-0.4, -0.2) is 19.7 Å². The van der Waals surface area contributed by atoms with E-state index in [0.717, 1.165) is 22.2 Å². The Morgan fingerprint density at radius 2 is 1.88 bits per heavy atom. The Hall–Kier alpha value is -2.23. The Balaban J connectivity index is 2.34. The third-order valence-corrected chi connectivity index (χ3v) is 2.84. The van der Waals surface area contributed by atoms with Crippen molar-refractivity contribution in [1.29, 1.82) is 0 Å². The molecule has 0 saturated heterocycles. The number of benzene rings is 1. The molecule has 0 aliphatic rings. The first-order valence-electron chi connectivity index (χ1n) is 5.44. The first-order chi connectivity index (χ1) is 8.25. The summed E-state index contributed by atoms with van der Waals surface area (Å²) >= 11 is 0. The molecule has 4 heteroatoms. The molecule has 3 rings (SSSR count). The fourth-order valence-electron chi connectivity index (χ4n) is 2.01. The fourth-order valence-corrected chi connectivity index (χ4v) is 2.01. The molecule has 84 valence electrons. The van der Waals surface area contributed by atoms with E-state index < -0.39 is 0 Å². The van der Waals surface area contributed by atoms with Gasteiger partial charge in [0.2, 0.25) is 0 Å². The molecule has 3 aromatic rings. The van der Waals surface area contributed by atoms with Gasteiger partial charge in [-0.1, -0.05) is 11.6 Å². The summed E-state index contributed by atoms with van der Waals surface area (Å²) in [7, 11) is 1.95. The van der Waals surface area contributed by atoms with Gasteiger partial charge in [-0.2, -0.15) is 5.10 Å². The first-order valence-corrected chi connectivity index (χ1v) is 5.44. The Morgan fingerprint density at radius 3 is 2.65 bits per heavy atom. The number of rotatable bonds is 1. The summed E-state index contributed by atoms with van der Waals surface area (Å²) in [4.78, 5) is 8.08.